The van der Waals surface area contributed by atoms with Gasteiger partial charge in [0.2, 0.25) is 0 Å². The van der Waals surface area contributed by atoms with Crippen molar-refractivity contribution in [1.29, 1.82) is 5.26 Å². The summed E-state index contributed by atoms with van der Waals surface area (Å²) in [4.78, 5) is 6.25. The average Bonchev–Trinajstić information content (AvgIpc) is 3.21. The summed E-state index contributed by atoms with van der Waals surface area (Å²) in [6.45, 7) is 3.37. The van der Waals surface area contributed by atoms with E-state index >= 15 is 0 Å². The van der Waals surface area contributed by atoms with Crippen molar-refractivity contribution in [3.8, 4) is 17.6 Å². The molecule has 1 aliphatic heterocycles. The van der Waals surface area contributed by atoms with Crippen molar-refractivity contribution in [2.24, 2.45) is 5.73 Å². The number of nitrogens with two attached hydrogens (primary N) is 1. The van der Waals surface area contributed by atoms with E-state index < -0.39 is 6.23 Å². The van der Waals surface area contributed by atoms with Crippen LogP contribution in [0.15, 0.2) is 48.9 Å². The van der Waals surface area contributed by atoms with Crippen LogP contribution in [0.3, 0.4) is 0 Å². The number of rotatable bonds is 5. The highest BCUT2D eigenvalue weighted by Crippen LogP contribution is 2.40. The minimum absolute atomic E-state index is 0.142. The average molecular weight is 430 g/mol. The lowest BCUT2D eigenvalue weighted by Gasteiger charge is -2.49. The molecule has 2 unspecified atom stereocenters. The molecule has 2 aromatic carbocycles. The van der Waals surface area contributed by atoms with E-state index in [4.69, 9.17) is 10.5 Å². The topological polar surface area (TPSA) is 100 Å². The Labute approximate surface area is 187 Å². The van der Waals surface area contributed by atoms with Crippen molar-refractivity contribution in [1.82, 2.24) is 14.5 Å². The molecule has 5 rings (SSSR count). The molecule has 1 aromatic heterocycles. The number of hydrogen-bond donors (Lipinski definition) is 2. The number of nitriles is 1. The quantitative estimate of drug-likeness (QED) is 0.646. The Kier molecular flexibility index (Phi) is 5.43. The van der Waals surface area contributed by atoms with Gasteiger partial charge in [0.05, 0.1) is 17.9 Å². The number of aliphatic hydroxyl groups is 1. The number of ether oxygens (including phenoxy) is 1. The molecule has 3 N–H and O–H groups in total. The fourth-order valence-electron chi connectivity index (χ4n) is 4.74. The van der Waals surface area contributed by atoms with E-state index in [1.54, 1.807) is 12.4 Å². The molecule has 1 aliphatic carbocycles. The van der Waals surface area contributed by atoms with E-state index in [9.17, 15) is 10.4 Å². The van der Waals surface area contributed by atoms with E-state index in [1.807, 2.05) is 31.3 Å². The normalized spacial score (nSPS) is 22.6. The van der Waals surface area contributed by atoms with E-state index in [0.29, 0.717) is 30.2 Å². The number of aryl methyl sites for hydroxylation is 2. The second kappa shape index (κ2) is 8.40. The highest BCUT2D eigenvalue weighted by molar-refractivity contribution is 5.49. The minimum atomic E-state index is -0.593. The van der Waals surface area contributed by atoms with Crippen LogP contribution in [0, 0.1) is 18.3 Å². The van der Waals surface area contributed by atoms with E-state index in [0.717, 1.165) is 30.5 Å². The van der Waals surface area contributed by atoms with Gasteiger partial charge < -0.3 is 20.1 Å². The third-order valence-corrected chi connectivity index (χ3v) is 6.61. The molecule has 164 valence electrons. The summed E-state index contributed by atoms with van der Waals surface area (Å²) in [6.07, 6.45) is 6.13. The second-order valence-electron chi connectivity index (χ2n) is 8.75. The molecule has 0 spiro atoms. The Morgan fingerprint density at radius 2 is 2.16 bits per heavy atom. The van der Waals surface area contributed by atoms with Crippen LogP contribution < -0.4 is 10.5 Å². The zero-order valence-electron chi connectivity index (χ0n) is 18.1. The van der Waals surface area contributed by atoms with Crippen molar-refractivity contribution >= 4 is 0 Å². The smallest absolute Gasteiger partial charge is 0.145 e. The van der Waals surface area contributed by atoms with Gasteiger partial charge in [0.1, 0.15) is 23.8 Å². The van der Waals surface area contributed by atoms with Gasteiger partial charge in [-0.3, -0.25) is 4.90 Å². The number of benzene rings is 2. The molecule has 1 saturated heterocycles. The first-order valence-corrected chi connectivity index (χ1v) is 11.0. The van der Waals surface area contributed by atoms with E-state index in [2.05, 4.69) is 32.7 Å². The molecule has 2 aliphatic rings. The highest BCUT2D eigenvalue weighted by atomic mass is 16.5. The largest absolute Gasteiger partial charge is 0.456 e. The number of nitrogens with zero attached hydrogens (tertiary/aromatic N) is 4. The van der Waals surface area contributed by atoms with Crippen molar-refractivity contribution in [2.45, 2.75) is 51.0 Å². The maximum Gasteiger partial charge on any atom is 0.145 e. The molecule has 0 bridgehead atoms. The van der Waals surface area contributed by atoms with Crippen molar-refractivity contribution in [3.05, 3.63) is 76.9 Å². The number of fused-ring (bicyclic) bond motifs is 1. The molecule has 3 aromatic rings. The lowest BCUT2D eigenvalue weighted by atomic mass is 9.84. The summed E-state index contributed by atoms with van der Waals surface area (Å²) >= 11 is 0. The first kappa shape index (κ1) is 20.7. The number of imidazole rings is 1. The molecule has 0 radical (unpaired) electrons. The summed E-state index contributed by atoms with van der Waals surface area (Å²) in [5.74, 6) is 1.24. The Bertz CT molecular complexity index is 1180. The third-order valence-electron chi connectivity index (χ3n) is 6.61. The zero-order valence-corrected chi connectivity index (χ0v) is 18.1. The van der Waals surface area contributed by atoms with Gasteiger partial charge in [-0.25, -0.2) is 4.98 Å². The molecule has 7 heteroatoms. The maximum atomic E-state index is 10.3. The van der Waals surface area contributed by atoms with Crippen LogP contribution in [0.5, 0.6) is 11.5 Å². The molecule has 0 amide bonds. The molecule has 32 heavy (non-hydrogen) atoms. The number of aromatic nitrogens is 2. The van der Waals surface area contributed by atoms with Crippen molar-refractivity contribution in [2.75, 3.05) is 6.54 Å². The second-order valence-corrected chi connectivity index (χ2v) is 8.75. The van der Waals surface area contributed by atoms with Crippen LogP contribution in [-0.2, 0) is 13.0 Å². The SMILES string of the molecule is Cc1cncn1Cc1ccc(C#N)c(Oc2ccc3c(c2)C(N2C[C@@H](N)C2O)CCC3)c1. The molecule has 0 saturated carbocycles. The maximum absolute atomic E-state index is 10.3. The zero-order chi connectivity index (χ0) is 22.2. The Morgan fingerprint density at radius 3 is 2.88 bits per heavy atom. The van der Waals surface area contributed by atoms with Gasteiger partial charge in [0, 0.05) is 31.0 Å². The van der Waals surface area contributed by atoms with Gasteiger partial charge in [-0.2, -0.15) is 5.26 Å². The monoisotopic (exact) mass is 429 g/mol. The first-order chi connectivity index (χ1) is 15.5. The summed E-state index contributed by atoms with van der Waals surface area (Å²) in [7, 11) is 0. The van der Waals surface area contributed by atoms with Gasteiger partial charge in [-0.1, -0.05) is 12.1 Å². The van der Waals surface area contributed by atoms with Crippen LogP contribution in [-0.4, -0.2) is 38.4 Å². The van der Waals surface area contributed by atoms with E-state index in [-0.39, 0.29) is 12.1 Å². The predicted octanol–water partition coefficient (Wildman–Crippen LogP) is 3.24. The molecule has 3 atom stereocenters. The van der Waals surface area contributed by atoms with Crippen LogP contribution in [0.1, 0.15) is 46.8 Å². The Morgan fingerprint density at radius 1 is 1.28 bits per heavy atom. The van der Waals surface area contributed by atoms with Gasteiger partial charge in [0.25, 0.3) is 0 Å². The predicted molar refractivity (Wildman–Crippen MR) is 120 cm³/mol. The lowest BCUT2D eigenvalue weighted by Crippen LogP contribution is -2.65. The molecule has 2 heterocycles. The van der Waals surface area contributed by atoms with Crippen LogP contribution in [0.2, 0.25) is 0 Å². The standard InChI is InChI=1S/C25H27N5O2/c1-16-12-28-15-29(16)13-17-5-6-19(11-26)24(9-17)32-20-8-7-18-3-2-4-23(21(18)10-20)30-14-22(27)25(30)31/h5-10,12,15,22-23,25,31H,2-4,13-14,27H2,1H3/t22-,23?,25?/m1/s1. The van der Waals surface area contributed by atoms with Crippen LogP contribution in [0.4, 0.5) is 0 Å². The highest BCUT2D eigenvalue weighted by Gasteiger charge is 2.41. The summed E-state index contributed by atoms with van der Waals surface area (Å²) in [6, 6.07) is 14.0. The number of likely N-dealkylation sites (tertiary alicyclic amines) is 1. The van der Waals surface area contributed by atoms with Crippen molar-refractivity contribution in [3.63, 3.8) is 0 Å². The van der Waals surface area contributed by atoms with Crippen LogP contribution >= 0.6 is 0 Å². The van der Waals surface area contributed by atoms with Gasteiger partial charge in [0.15, 0.2) is 0 Å². The summed E-state index contributed by atoms with van der Waals surface area (Å²) in [5, 5.41) is 19.9. The van der Waals surface area contributed by atoms with Gasteiger partial charge >= 0.3 is 0 Å². The summed E-state index contributed by atoms with van der Waals surface area (Å²) in [5.41, 5.74) is 11.0. The number of hydrogen-bond acceptors (Lipinski definition) is 6. The lowest BCUT2D eigenvalue weighted by molar-refractivity contribution is -0.121. The first-order valence-electron chi connectivity index (χ1n) is 11.0. The molecule has 1 fully saturated rings. The number of aliphatic hydroxyl groups excluding tert-OH is 1. The Balaban J connectivity index is 1.42. The van der Waals surface area contributed by atoms with Gasteiger partial charge in [-0.15, -0.1) is 0 Å². The van der Waals surface area contributed by atoms with Crippen molar-refractivity contribution < 1.29 is 9.84 Å². The van der Waals surface area contributed by atoms with Gasteiger partial charge in [-0.05, 0) is 67.1 Å². The third kappa shape index (κ3) is 3.78. The minimum Gasteiger partial charge on any atom is -0.456 e. The van der Waals surface area contributed by atoms with Crippen LogP contribution in [0.25, 0.3) is 0 Å². The fraction of sp³-hybridized carbons (Fsp3) is 0.360. The van der Waals surface area contributed by atoms with E-state index in [1.165, 1.54) is 11.1 Å². The summed E-state index contributed by atoms with van der Waals surface area (Å²) < 4.78 is 8.28. The fourth-order valence-corrected chi connectivity index (χ4v) is 4.74. The molecular weight excluding hydrogens is 402 g/mol. The molecule has 7 nitrogen and oxygen atoms in total. The Hall–Kier alpha value is -3.18. The molecular formula is C25H27N5O2.